The van der Waals surface area contributed by atoms with Crippen LogP contribution in [0.5, 0.6) is 0 Å². The van der Waals surface area contributed by atoms with Crippen LogP contribution in [0.15, 0.2) is 35.0 Å². The highest BCUT2D eigenvalue weighted by molar-refractivity contribution is 5.97. The second-order valence-corrected chi connectivity index (χ2v) is 3.07. The van der Waals surface area contributed by atoms with Crippen molar-refractivity contribution in [3.05, 3.63) is 40.3 Å². The summed E-state index contributed by atoms with van der Waals surface area (Å²) in [5.41, 5.74) is 0.831. The summed E-state index contributed by atoms with van der Waals surface area (Å²) in [7, 11) is 0. The van der Waals surface area contributed by atoms with E-state index >= 15 is 0 Å². The summed E-state index contributed by atoms with van der Waals surface area (Å²) in [4.78, 5) is 21.5. The SMILES string of the molecule is CCOC(=O)/C(C#N)=C/c1ccc(N=O)cc1. The zero-order valence-corrected chi connectivity index (χ0v) is 9.21. The lowest BCUT2D eigenvalue weighted by atomic mass is 10.1. The van der Waals surface area contributed by atoms with Gasteiger partial charge in [-0.3, -0.25) is 0 Å². The lowest BCUT2D eigenvalue weighted by Crippen LogP contribution is -2.05. The van der Waals surface area contributed by atoms with Gasteiger partial charge in [0.15, 0.2) is 0 Å². The summed E-state index contributed by atoms with van der Waals surface area (Å²) in [6.07, 6.45) is 1.40. The molecule has 17 heavy (non-hydrogen) atoms. The van der Waals surface area contributed by atoms with E-state index in [-0.39, 0.29) is 17.9 Å². The third-order valence-corrected chi connectivity index (χ3v) is 1.93. The zero-order chi connectivity index (χ0) is 12.7. The van der Waals surface area contributed by atoms with Gasteiger partial charge in [0.1, 0.15) is 17.3 Å². The minimum Gasteiger partial charge on any atom is -0.462 e. The molecule has 0 N–H and O–H groups in total. The van der Waals surface area contributed by atoms with E-state index in [1.807, 2.05) is 0 Å². The molecule has 1 rings (SSSR count). The zero-order valence-electron chi connectivity index (χ0n) is 9.21. The van der Waals surface area contributed by atoms with Crippen LogP contribution in [0.25, 0.3) is 6.08 Å². The summed E-state index contributed by atoms with van der Waals surface area (Å²) in [5, 5.41) is 11.5. The monoisotopic (exact) mass is 230 g/mol. The van der Waals surface area contributed by atoms with Crippen molar-refractivity contribution >= 4 is 17.7 Å². The first-order valence-corrected chi connectivity index (χ1v) is 4.93. The number of ether oxygens (including phenoxy) is 1. The van der Waals surface area contributed by atoms with Crippen LogP contribution >= 0.6 is 0 Å². The standard InChI is InChI=1S/C12H10N2O3/c1-2-17-12(15)10(8-13)7-9-3-5-11(14-16)6-4-9/h3-7H,2H2,1H3/b10-7+. The van der Waals surface area contributed by atoms with Crippen LogP contribution in [0, 0.1) is 16.2 Å². The van der Waals surface area contributed by atoms with E-state index in [2.05, 4.69) is 5.18 Å². The molecule has 5 heteroatoms. The fourth-order valence-corrected chi connectivity index (χ4v) is 1.14. The van der Waals surface area contributed by atoms with E-state index in [0.717, 1.165) is 0 Å². The number of hydrogen-bond donors (Lipinski definition) is 0. The summed E-state index contributed by atoms with van der Waals surface area (Å²) in [5.74, 6) is -0.660. The van der Waals surface area contributed by atoms with Crippen LogP contribution in [-0.2, 0) is 9.53 Å². The van der Waals surface area contributed by atoms with Crippen molar-refractivity contribution in [1.29, 1.82) is 5.26 Å². The molecule has 0 aliphatic rings. The Kier molecular flexibility index (Phi) is 4.58. The van der Waals surface area contributed by atoms with Crippen LogP contribution < -0.4 is 0 Å². The number of carbonyl (C=O) groups excluding carboxylic acids is 1. The third-order valence-electron chi connectivity index (χ3n) is 1.93. The third kappa shape index (κ3) is 3.54. The Morgan fingerprint density at radius 1 is 1.47 bits per heavy atom. The van der Waals surface area contributed by atoms with Gasteiger partial charge >= 0.3 is 5.97 Å². The van der Waals surface area contributed by atoms with Gasteiger partial charge in [-0.05, 0) is 35.9 Å². The molecule has 0 amide bonds. The molecule has 5 nitrogen and oxygen atoms in total. The predicted molar refractivity (Wildman–Crippen MR) is 62.1 cm³/mol. The molecular formula is C12H10N2O3. The Hall–Kier alpha value is -2.48. The molecule has 0 bridgehead atoms. The number of benzene rings is 1. The number of esters is 1. The molecule has 0 spiro atoms. The Balaban J connectivity index is 2.94. The van der Waals surface area contributed by atoms with Gasteiger partial charge in [-0.25, -0.2) is 4.79 Å². The van der Waals surface area contributed by atoms with E-state index in [4.69, 9.17) is 10.00 Å². The molecule has 86 valence electrons. The number of nitroso groups, excluding NO2 is 1. The van der Waals surface area contributed by atoms with Gasteiger partial charge in [-0.1, -0.05) is 12.1 Å². The average Bonchev–Trinajstić information content (AvgIpc) is 2.37. The first-order valence-electron chi connectivity index (χ1n) is 4.93. The summed E-state index contributed by atoms with van der Waals surface area (Å²) >= 11 is 0. The fourth-order valence-electron chi connectivity index (χ4n) is 1.14. The smallest absolute Gasteiger partial charge is 0.348 e. The molecule has 0 aromatic heterocycles. The van der Waals surface area contributed by atoms with Crippen LogP contribution in [0.3, 0.4) is 0 Å². The normalized spacial score (nSPS) is 10.5. The number of rotatable bonds is 4. The molecule has 0 aliphatic heterocycles. The lowest BCUT2D eigenvalue weighted by Gasteiger charge is -1.99. The maximum atomic E-state index is 11.3. The Morgan fingerprint density at radius 3 is 2.59 bits per heavy atom. The van der Waals surface area contributed by atoms with Crippen molar-refractivity contribution in [2.75, 3.05) is 6.61 Å². The highest BCUT2D eigenvalue weighted by Gasteiger charge is 2.09. The number of nitrogens with zero attached hydrogens (tertiary/aromatic N) is 2. The van der Waals surface area contributed by atoms with Crippen LogP contribution in [-0.4, -0.2) is 12.6 Å². The highest BCUT2D eigenvalue weighted by Crippen LogP contribution is 2.14. The second kappa shape index (κ2) is 6.18. The van der Waals surface area contributed by atoms with Crippen molar-refractivity contribution < 1.29 is 9.53 Å². The topological polar surface area (TPSA) is 79.5 Å². The Bertz CT molecular complexity index is 483. The maximum absolute atomic E-state index is 11.3. The largest absolute Gasteiger partial charge is 0.462 e. The van der Waals surface area contributed by atoms with E-state index in [1.165, 1.54) is 18.2 Å². The summed E-state index contributed by atoms with van der Waals surface area (Å²) < 4.78 is 4.71. The maximum Gasteiger partial charge on any atom is 0.348 e. The van der Waals surface area contributed by atoms with E-state index in [1.54, 1.807) is 25.1 Å². The minimum absolute atomic E-state index is 0.0846. The molecule has 0 saturated heterocycles. The van der Waals surface area contributed by atoms with Gasteiger partial charge < -0.3 is 4.74 Å². The summed E-state index contributed by atoms with van der Waals surface area (Å²) in [6, 6.07) is 7.94. The molecule has 0 saturated carbocycles. The molecular weight excluding hydrogens is 220 g/mol. The second-order valence-electron chi connectivity index (χ2n) is 3.07. The number of hydrogen-bond acceptors (Lipinski definition) is 5. The molecule has 0 unspecified atom stereocenters. The minimum atomic E-state index is -0.660. The Labute approximate surface area is 98.3 Å². The Morgan fingerprint density at radius 2 is 2.12 bits per heavy atom. The first-order chi connectivity index (χ1) is 8.21. The molecule has 0 atom stereocenters. The van der Waals surface area contributed by atoms with Gasteiger partial charge in [0, 0.05) is 0 Å². The lowest BCUT2D eigenvalue weighted by molar-refractivity contribution is -0.137. The van der Waals surface area contributed by atoms with Crippen LogP contribution in [0.2, 0.25) is 0 Å². The molecule has 1 aromatic rings. The van der Waals surface area contributed by atoms with E-state index in [9.17, 15) is 9.70 Å². The number of nitriles is 1. The van der Waals surface area contributed by atoms with E-state index in [0.29, 0.717) is 5.56 Å². The van der Waals surface area contributed by atoms with Gasteiger partial charge in [0.05, 0.1) is 6.61 Å². The molecule has 0 radical (unpaired) electrons. The van der Waals surface area contributed by atoms with Crippen molar-refractivity contribution in [3.63, 3.8) is 0 Å². The summed E-state index contributed by atoms with van der Waals surface area (Å²) in [6.45, 7) is 1.88. The van der Waals surface area contributed by atoms with Crippen molar-refractivity contribution in [2.24, 2.45) is 5.18 Å². The number of carbonyl (C=O) groups is 1. The molecule has 1 aromatic carbocycles. The van der Waals surface area contributed by atoms with Crippen LogP contribution in [0.4, 0.5) is 5.69 Å². The average molecular weight is 230 g/mol. The fraction of sp³-hybridized carbons (Fsp3) is 0.167. The quantitative estimate of drug-likeness (QED) is 0.344. The van der Waals surface area contributed by atoms with Gasteiger partial charge in [-0.15, -0.1) is 4.91 Å². The van der Waals surface area contributed by atoms with Gasteiger partial charge in [-0.2, -0.15) is 5.26 Å². The molecule has 0 heterocycles. The van der Waals surface area contributed by atoms with Crippen LogP contribution in [0.1, 0.15) is 12.5 Å². The van der Waals surface area contributed by atoms with Gasteiger partial charge in [0.2, 0.25) is 0 Å². The first kappa shape index (κ1) is 12.6. The highest BCUT2D eigenvalue weighted by atomic mass is 16.5. The molecule has 0 fully saturated rings. The van der Waals surface area contributed by atoms with Crippen molar-refractivity contribution in [2.45, 2.75) is 6.92 Å². The van der Waals surface area contributed by atoms with Crippen molar-refractivity contribution in [1.82, 2.24) is 0 Å². The van der Waals surface area contributed by atoms with Crippen molar-refractivity contribution in [3.8, 4) is 6.07 Å². The molecule has 0 aliphatic carbocycles. The van der Waals surface area contributed by atoms with E-state index < -0.39 is 5.97 Å². The van der Waals surface area contributed by atoms with Gasteiger partial charge in [0.25, 0.3) is 0 Å². The predicted octanol–water partition coefficient (Wildman–Crippen LogP) is 2.55.